The van der Waals surface area contributed by atoms with Crippen molar-refractivity contribution in [1.82, 2.24) is 15.2 Å². The highest BCUT2D eigenvalue weighted by atomic mass is 35.5. The highest BCUT2D eigenvalue weighted by Gasteiger charge is 2.47. The fourth-order valence-electron chi connectivity index (χ4n) is 4.29. The maximum atomic E-state index is 13.4. The molecule has 1 aromatic heterocycles. The third kappa shape index (κ3) is 3.90. The number of carbonyl (C=O) groups is 1. The zero-order valence-electron chi connectivity index (χ0n) is 15.9. The monoisotopic (exact) mass is 424 g/mol. The first-order valence-corrected chi connectivity index (χ1v) is 9.01. The lowest BCUT2D eigenvalue weighted by Crippen LogP contribution is -2.35. The number of amides is 1. The number of benzene rings is 1. The number of nitrogens with zero attached hydrogens (tertiary/aromatic N) is 2. The fourth-order valence-corrected chi connectivity index (χ4v) is 4.29. The van der Waals surface area contributed by atoms with E-state index < -0.39 is 0 Å². The van der Waals surface area contributed by atoms with E-state index in [1.54, 1.807) is 20.4 Å². The van der Waals surface area contributed by atoms with Crippen LogP contribution in [0.2, 0.25) is 0 Å². The van der Waals surface area contributed by atoms with Crippen molar-refractivity contribution >= 4 is 36.5 Å². The van der Waals surface area contributed by atoms with Gasteiger partial charge in [-0.2, -0.15) is 0 Å². The second-order valence-electron chi connectivity index (χ2n) is 6.91. The number of aromatic nitrogens is 1. The SMILES string of the molecule is CNc1ncccc1C(=O)N1C[C@@H]2CNC[C@@H]2[C@H]1c1ccc(OC)cc1.Cl.Cl. The summed E-state index contributed by atoms with van der Waals surface area (Å²) in [5.74, 6) is 2.41. The van der Waals surface area contributed by atoms with Crippen LogP contribution < -0.4 is 15.4 Å². The number of likely N-dealkylation sites (tertiary alicyclic amines) is 1. The minimum atomic E-state index is 0. The quantitative estimate of drug-likeness (QED) is 0.789. The Morgan fingerprint density at radius 3 is 2.64 bits per heavy atom. The number of anilines is 1. The number of hydrogen-bond donors (Lipinski definition) is 2. The highest BCUT2D eigenvalue weighted by Crippen LogP contribution is 2.43. The van der Waals surface area contributed by atoms with Crippen LogP contribution in [0, 0.1) is 11.8 Å². The number of hydrogen-bond acceptors (Lipinski definition) is 5. The largest absolute Gasteiger partial charge is 0.497 e. The first-order chi connectivity index (χ1) is 12.7. The number of pyridine rings is 1. The zero-order valence-corrected chi connectivity index (χ0v) is 17.6. The molecule has 0 unspecified atom stereocenters. The molecule has 0 aliphatic carbocycles. The van der Waals surface area contributed by atoms with Gasteiger partial charge in [0.2, 0.25) is 0 Å². The number of methoxy groups -OCH3 is 1. The average Bonchev–Trinajstić information content (AvgIpc) is 3.28. The predicted octanol–water partition coefficient (Wildman–Crippen LogP) is 3.01. The van der Waals surface area contributed by atoms with E-state index in [9.17, 15) is 4.79 Å². The van der Waals surface area contributed by atoms with Crippen molar-refractivity contribution in [3.8, 4) is 5.75 Å². The molecule has 2 N–H and O–H groups in total. The first-order valence-electron chi connectivity index (χ1n) is 9.01. The molecule has 0 spiro atoms. The Bertz CT molecular complexity index is 803. The van der Waals surface area contributed by atoms with Gasteiger partial charge in [0.05, 0.1) is 18.7 Å². The number of carbonyl (C=O) groups excluding carboxylic acids is 1. The summed E-state index contributed by atoms with van der Waals surface area (Å²) in [7, 11) is 3.46. The third-order valence-electron chi connectivity index (χ3n) is 5.56. The molecule has 3 atom stereocenters. The summed E-state index contributed by atoms with van der Waals surface area (Å²) < 4.78 is 5.28. The minimum absolute atomic E-state index is 0. The summed E-state index contributed by atoms with van der Waals surface area (Å²) in [6, 6.07) is 11.8. The molecule has 6 nitrogen and oxygen atoms in total. The zero-order chi connectivity index (χ0) is 18.1. The van der Waals surface area contributed by atoms with Gasteiger partial charge in [0.15, 0.2) is 0 Å². The van der Waals surface area contributed by atoms with Gasteiger partial charge in [-0.1, -0.05) is 12.1 Å². The molecule has 1 aromatic carbocycles. The van der Waals surface area contributed by atoms with E-state index in [1.165, 1.54) is 0 Å². The summed E-state index contributed by atoms with van der Waals surface area (Å²) in [6.45, 7) is 2.68. The van der Waals surface area contributed by atoms with Crippen LogP contribution in [0.3, 0.4) is 0 Å². The molecule has 4 rings (SSSR count). The average molecular weight is 425 g/mol. The Morgan fingerprint density at radius 2 is 1.96 bits per heavy atom. The summed E-state index contributed by atoms with van der Waals surface area (Å²) >= 11 is 0. The van der Waals surface area contributed by atoms with Gasteiger partial charge in [-0.05, 0) is 35.7 Å². The normalized spacial score (nSPS) is 22.6. The summed E-state index contributed by atoms with van der Waals surface area (Å²) in [5, 5.41) is 6.51. The molecule has 152 valence electrons. The van der Waals surface area contributed by atoms with Crippen molar-refractivity contribution in [2.24, 2.45) is 11.8 Å². The van der Waals surface area contributed by atoms with Gasteiger partial charge in [-0.15, -0.1) is 24.8 Å². The summed E-state index contributed by atoms with van der Waals surface area (Å²) in [4.78, 5) is 19.7. The van der Waals surface area contributed by atoms with Gasteiger partial charge < -0.3 is 20.3 Å². The summed E-state index contributed by atoms with van der Waals surface area (Å²) in [5.41, 5.74) is 1.78. The minimum Gasteiger partial charge on any atom is -0.497 e. The molecular formula is C20H26Cl2N4O2. The Balaban J connectivity index is 0.00000140. The molecule has 2 aromatic rings. The number of halogens is 2. The lowest BCUT2D eigenvalue weighted by molar-refractivity contribution is 0.0714. The maximum absolute atomic E-state index is 13.4. The number of rotatable bonds is 4. The molecule has 3 heterocycles. The number of ether oxygens (including phenoxy) is 1. The van der Waals surface area contributed by atoms with Gasteiger partial charge in [-0.25, -0.2) is 4.98 Å². The van der Waals surface area contributed by atoms with E-state index >= 15 is 0 Å². The van der Waals surface area contributed by atoms with Crippen molar-refractivity contribution in [3.05, 3.63) is 53.7 Å². The lowest BCUT2D eigenvalue weighted by Gasteiger charge is -2.29. The van der Waals surface area contributed by atoms with Gasteiger partial charge in [0.1, 0.15) is 11.6 Å². The molecule has 8 heteroatoms. The lowest BCUT2D eigenvalue weighted by atomic mass is 9.89. The van der Waals surface area contributed by atoms with Crippen molar-refractivity contribution < 1.29 is 9.53 Å². The second kappa shape index (κ2) is 9.45. The predicted molar refractivity (Wildman–Crippen MR) is 115 cm³/mol. The van der Waals surface area contributed by atoms with Crippen LogP contribution >= 0.6 is 24.8 Å². The summed E-state index contributed by atoms with van der Waals surface area (Å²) in [6.07, 6.45) is 1.70. The molecule has 0 radical (unpaired) electrons. The van der Waals surface area contributed by atoms with Crippen molar-refractivity contribution in [1.29, 1.82) is 0 Å². The van der Waals surface area contributed by atoms with Crippen LogP contribution in [0.4, 0.5) is 5.82 Å². The topological polar surface area (TPSA) is 66.5 Å². The van der Waals surface area contributed by atoms with Crippen LogP contribution in [0.5, 0.6) is 5.75 Å². The Labute approximate surface area is 177 Å². The molecule has 28 heavy (non-hydrogen) atoms. The van der Waals surface area contributed by atoms with E-state index in [4.69, 9.17) is 4.74 Å². The molecule has 0 bridgehead atoms. The van der Waals surface area contributed by atoms with E-state index in [2.05, 4.69) is 27.8 Å². The van der Waals surface area contributed by atoms with Gasteiger partial charge in [0.25, 0.3) is 5.91 Å². The molecule has 2 aliphatic rings. The maximum Gasteiger partial charge on any atom is 0.258 e. The van der Waals surface area contributed by atoms with Crippen LogP contribution in [0.25, 0.3) is 0 Å². The smallest absolute Gasteiger partial charge is 0.258 e. The molecule has 1 amide bonds. The van der Waals surface area contributed by atoms with Gasteiger partial charge in [0, 0.05) is 38.8 Å². The van der Waals surface area contributed by atoms with Crippen LogP contribution in [-0.4, -0.2) is 49.6 Å². The van der Waals surface area contributed by atoms with E-state index in [0.29, 0.717) is 23.2 Å². The van der Waals surface area contributed by atoms with E-state index in [-0.39, 0.29) is 36.8 Å². The molecular weight excluding hydrogens is 399 g/mol. The van der Waals surface area contributed by atoms with Crippen molar-refractivity contribution in [2.75, 3.05) is 39.1 Å². The van der Waals surface area contributed by atoms with Crippen LogP contribution in [0.1, 0.15) is 22.0 Å². The van der Waals surface area contributed by atoms with E-state index in [0.717, 1.165) is 30.9 Å². The van der Waals surface area contributed by atoms with Crippen molar-refractivity contribution in [2.45, 2.75) is 6.04 Å². The first kappa shape index (κ1) is 22.3. The molecule has 2 saturated heterocycles. The highest BCUT2D eigenvalue weighted by molar-refractivity contribution is 5.99. The standard InChI is InChI=1S/C20H24N4O2.2ClH/c1-21-19-16(4-3-9-23-19)20(25)24-12-14-10-22-11-17(14)18(24)13-5-7-15(26-2)8-6-13;;/h3-9,14,17-18,22H,10-12H2,1-2H3,(H,21,23);2*1H/t14-,17-,18+;;/m0../s1. The van der Waals surface area contributed by atoms with Crippen molar-refractivity contribution in [3.63, 3.8) is 0 Å². The van der Waals surface area contributed by atoms with Crippen LogP contribution in [-0.2, 0) is 0 Å². The number of fused-ring (bicyclic) bond motifs is 1. The Morgan fingerprint density at radius 1 is 1.21 bits per heavy atom. The number of nitrogens with one attached hydrogen (secondary N) is 2. The van der Waals surface area contributed by atoms with E-state index in [1.807, 2.05) is 29.2 Å². The Hall–Kier alpha value is -2.02. The van der Waals surface area contributed by atoms with Gasteiger partial charge in [-0.3, -0.25) is 4.79 Å². The fraction of sp³-hybridized carbons (Fsp3) is 0.400. The Kier molecular flexibility index (Phi) is 7.52. The third-order valence-corrected chi connectivity index (χ3v) is 5.56. The van der Waals surface area contributed by atoms with Crippen LogP contribution in [0.15, 0.2) is 42.6 Å². The second-order valence-corrected chi connectivity index (χ2v) is 6.91. The van der Waals surface area contributed by atoms with Gasteiger partial charge >= 0.3 is 0 Å². The molecule has 2 fully saturated rings. The molecule has 2 aliphatic heterocycles. The molecule has 0 saturated carbocycles.